The summed E-state index contributed by atoms with van der Waals surface area (Å²) in [5, 5.41) is 3.05. The fraction of sp³-hybridized carbons (Fsp3) is 0.423. The maximum Gasteiger partial charge on any atom is 0.317 e. The number of piperidine rings is 1. The van der Waals surface area contributed by atoms with Crippen molar-refractivity contribution >= 4 is 11.7 Å². The number of rotatable bonds is 4. The summed E-state index contributed by atoms with van der Waals surface area (Å²) in [6, 6.07) is 16.3. The highest BCUT2D eigenvalue weighted by Gasteiger charge is 2.39. The van der Waals surface area contributed by atoms with Crippen LogP contribution in [0.25, 0.3) is 5.70 Å². The zero-order valence-electron chi connectivity index (χ0n) is 19.4. The third kappa shape index (κ3) is 4.91. The highest BCUT2D eigenvalue weighted by atomic mass is 16.7. The van der Waals surface area contributed by atoms with Gasteiger partial charge in [0.2, 0.25) is 0 Å². The van der Waals surface area contributed by atoms with Crippen LogP contribution in [0.3, 0.4) is 0 Å². The number of carbonyl (C=O) groups is 1. The van der Waals surface area contributed by atoms with Crippen LogP contribution in [0.2, 0.25) is 0 Å². The van der Waals surface area contributed by atoms with Gasteiger partial charge in [0, 0.05) is 38.0 Å². The third-order valence-corrected chi connectivity index (χ3v) is 6.31. The van der Waals surface area contributed by atoms with Crippen molar-refractivity contribution < 1.29 is 14.4 Å². The molecule has 2 heterocycles. The Hall–Kier alpha value is -2.99. The molecule has 1 saturated heterocycles. The summed E-state index contributed by atoms with van der Waals surface area (Å²) in [4.78, 5) is 20.5. The number of nitrogens with one attached hydrogen (secondary N) is 2. The summed E-state index contributed by atoms with van der Waals surface area (Å²) in [6.07, 6.45) is 3.65. The summed E-state index contributed by atoms with van der Waals surface area (Å²) in [5.41, 5.74) is 7.20. The molecular formula is C26H33N3O3. The molecule has 0 atom stereocenters. The van der Waals surface area contributed by atoms with Gasteiger partial charge in [-0.3, -0.25) is 10.3 Å². The summed E-state index contributed by atoms with van der Waals surface area (Å²) in [6.45, 7) is 8.43. The number of hydrogen-bond donors (Lipinski definition) is 2. The van der Waals surface area contributed by atoms with Gasteiger partial charge >= 0.3 is 6.03 Å². The fourth-order valence-electron chi connectivity index (χ4n) is 4.16. The average Bonchev–Trinajstić information content (AvgIpc) is 3.21. The Morgan fingerprint density at radius 2 is 1.88 bits per heavy atom. The molecule has 1 spiro atoms. The Bertz CT molecular complexity index is 984. The first kappa shape index (κ1) is 22.2. The lowest BCUT2D eigenvalue weighted by Gasteiger charge is -2.36. The van der Waals surface area contributed by atoms with Crippen molar-refractivity contribution in [1.29, 1.82) is 0 Å². The molecule has 170 valence electrons. The molecule has 1 fully saturated rings. The SMILES string of the molecule is COc1cccc(C2=CC3(CCN(C(=O)NCc4ccc(C(C)(C)C)cc4)CC3)ON2)c1. The smallest absolute Gasteiger partial charge is 0.317 e. The second-order valence-electron chi connectivity index (χ2n) is 9.65. The number of nitrogens with zero attached hydrogens (tertiary/aromatic N) is 1. The maximum absolute atomic E-state index is 12.7. The largest absolute Gasteiger partial charge is 0.497 e. The number of hydrogen-bond acceptors (Lipinski definition) is 4. The van der Waals surface area contributed by atoms with Crippen LogP contribution in [0.1, 0.15) is 50.3 Å². The Kier molecular flexibility index (Phi) is 6.15. The molecule has 0 radical (unpaired) electrons. The molecule has 0 aromatic heterocycles. The lowest BCUT2D eigenvalue weighted by atomic mass is 9.87. The van der Waals surface area contributed by atoms with Crippen LogP contribution in [-0.4, -0.2) is 36.7 Å². The van der Waals surface area contributed by atoms with Crippen molar-refractivity contribution in [2.45, 2.75) is 51.2 Å². The van der Waals surface area contributed by atoms with Crippen LogP contribution < -0.4 is 15.5 Å². The molecule has 0 saturated carbocycles. The first-order valence-electron chi connectivity index (χ1n) is 11.2. The van der Waals surface area contributed by atoms with E-state index in [0.717, 1.165) is 35.4 Å². The first-order chi connectivity index (χ1) is 15.3. The Morgan fingerprint density at radius 1 is 1.16 bits per heavy atom. The molecule has 6 heteroatoms. The maximum atomic E-state index is 12.7. The van der Waals surface area contributed by atoms with Crippen LogP contribution in [-0.2, 0) is 16.8 Å². The van der Waals surface area contributed by atoms with Crippen molar-refractivity contribution in [1.82, 2.24) is 15.7 Å². The predicted octanol–water partition coefficient (Wildman–Crippen LogP) is 4.61. The second kappa shape index (κ2) is 8.87. The molecule has 2 aromatic rings. The van der Waals surface area contributed by atoms with E-state index in [1.54, 1.807) is 7.11 Å². The highest BCUT2D eigenvalue weighted by molar-refractivity contribution is 5.74. The normalized spacial score (nSPS) is 17.6. The van der Waals surface area contributed by atoms with E-state index in [9.17, 15) is 4.79 Å². The number of urea groups is 1. The van der Waals surface area contributed by atoms with Gasteiger partial charge < -0.3 is 15.0 Å². The van der Waals surface area contributed by atoms with Crippen LogP contribution >= 0.6 is 0 Å². The van der Waals surface area contributed by atoms with Crippen molar-refractivity contribution in [3.8, 4) is 5.75 Å². The predicted molar refractivity (Wildman–Crippen MR) is 126 cm³/mol. The molecular weight excluding hydrogens is 402 g/mol. The number of likely N-dealkylation sites (tertiary alicyclic amines) is 1. The number of methoxy groups -OCH3 is 1. The minimum absolute atomic E-state index is 0.0253. The van der Waals surface area contributed by atoms with Gasteiger partial charge in [-0.2, -0.15) is 0 Å². The fourth-order valence-corrected chi connectivity index (χ4v) is 4.16. The van der Waals surface area contributed by atoms with Gasteiger partial charge in [0.1, 0.15) is 11.4 Å². The van der Waals surface area contributed by atoms with E-state index in [0.29, 0.717) is 19.6 Å². The molecule has 6 nitrogen and oxygen atoms in total. The van der Waals surface area contributed by atoms with Gasteiger partial charge in [-0.1, -0.05) is 57.2 Å². The van der Waals surface area contributed by atoms with E-state index >= 15 is 0 Å². The van der Waals surface area contributed by atoms with Crippen LogP contribution in [0, 0.1) is 0 Å². The summed E-state index contributed by atoms with van der Waals surface area (Å²) < 4.78 is 5.32. The van der Waals surface area contributed by atoms with Crippen molar-refractivity contribution in [2.24, 2.45) is 0 Å². The number of amides is 2. The zero-order chi connectivity index (χ0) is 22.8. The van der Waals surface area contributed by atoms with E-state index in [1.807, 2.05) is 29.2 Å². The van der Waals surface area contributed by atoms with Gasteiger partial charge in [0.15, 0.2) is 0 Å². The lowest BCUT2D eigenvalue weighted by Crippen LogP contribution is -2.49. The Morgan fingerprint density at radius 3 is 2.53 bits per heavy atom. The van der Waals surface area contributed by atoms with Gasteiger partial charge in [0.05, 0.1) is 12.8 Å². The first-order valence-corrected chi connectivity index (χ1v) is 11.2. The molecule has 0 bridgehead atoms. The molecule has 2 amide bonds. The lowest BCUT2D eigenvalue weighted by molar-refractivity contribution is -0.0639. The van der Waals surface area contributed by atoms with E-state index in [-0.39, 0.29) is 17.0 Å². The highest BCUT2D eigenvalue weighted by Crippen LogP contribution is 2.35. The van der Waals surface area contributed by atoms with Gasteiger partial charge in [-0.05, 0) is 34.8 Å². The van der Waals surface area contributed by atoms with Crippen molar-refractivity contribution in [2.75, 3.05) is 20.2 Å². The van der Waals surface area contributed by atoms with Crippen molar-refractivity contribution in [3.63, 3.8) is 0 Å². The standard InChI is InChI=1S/C26H33N3O3/c1-25(2,3)21-10-8-19(9-11-21)18-27-24(30)29-14-12-26(13-15-29)17-23(28-32-26)20-6-5-7-22(16-20)31-4/h5-11,16-17,28H,12-15,18H2,1-4H3,(H,27,30). The van der Waals surface area contributed by atoms with E-state index in [4.69, 9.17) is 9.57 Å². The van der Waals surface area contributed by atoms with Gasteiger partial charge in [-0.15, -0.1) is 0 Å². The minimum Gasteiger partial charge on any atom is -0.497 e. The summed E-state index contributed by atoms with van der Waals surface area (Å²) >= 11 is 0. The minimum atomic E-state index is -0.377. The number of hydroxylamine groups is 1. The van der Waals surface area contributed by atoms with Crippen molar-refractivity contribution in [3.05, 3.63) is 71.3 Å². The Balaban J connectivity index is 1.30. The second-order valence-corrected chi connectivity index (χ2v) is 9.65. The molecule has 2 aliphatic heterocycles. The Labute approximate surface area is 190 Å². The van der Waals surface area contributed by atoms with Gasteiger partial charge in [0.25, 0.3) is 0 Å². The third-order valence-electron chi connectivity index (χ3n) is 6.31. The number of benzene rings is 2. The molecule has 4 rings (SSSR count). The zero-order valence-corrected chi connectivity index (χ0v) is 19.4. The van der Waals surface area contributed by atoms with Crippen LogP contribution in [0.4, 0.5) is 4.79 Å². The average molecular weight is 436 g/mol. The molecule has 32 heavy (non-hydrogen) atoms. The molecule has 2 aliphatic rings. The molecule has 2 aromatic carbocycles. The molecule has 2 N–H and O–H groups in total. The molecule has 0 aliphatic carbocycles. The van der Waals surface area contributed by atoms with Gasteiger partial charge in [-0.25, -0.2) is 4.79 Å². The summed E-state index contributed by atoms with van der Waals surface area (Å²) in [7, 11) is 1.66. The van der Waals surface area contributed by atoms with E-state index in [1.165, 1.54) is 5.56 Å². The topological polar surface area (TPSA) is 62.8 Å². The van der Waals surface area contributed by atoms with Crippen LogP contribution in [0.15, 0.2) is 54.6 Å². The van der Waals surface area contributed by atoms with Crippen LogP contribution in [0.5, 0.6) is 5.75 Å². The van der Waals surface area contributed by atoms with E-state index < -0.39 is 0 Å². The quantitative estimate of drug-likeness (QED) is 0.736. The molecule has 0 unspecified atom stereocenters. The summed E-state index contributed by atoms with van der Waals surface area (Å²) in [5.74, 6) is 0.811. The monoisotopic (exact) mass is 435 g/mol. The van der Waals surface area contributed by atoms with E-state index in [2.05, 4.69) is 61.9 Å². The number of ether oxygens (including phenoxy) is 1. The number of carbonyl (C=O) groups excluding carboxylic acids is 1.